The van der Waals surface area contributed by atoms with Crippen LogP contribution in [0.5, 0.6) is 5.75 Å². The molecule has 0 spiro atoms. The molecule has 0 aliphatic carbocycles. The number of carboxylic acids is 1. The Hall–Kier alpha value is -4.47. The number of likely N-dealkylation sites (tertiary alicyclic amines) is 1. The molecule has 0 radical (unpaired) electrons. The van der Waals surface area contributed by atoms with Gasteiger partial charge in [0.15, 0.2) is 0 Å². The number of aryl methyl sites for hydroxylation is 1. The first-order valence-electron chi connectivity index (χ1n) is 16.5. The van der Waals surface area contributed by atoms with Gasteiger partial charge in [0.2, 0.25) is 5.91 Å². The quantitative estimate of drug-likeness (QED) is 0.175. The zero-order valence-corrected chi connectivity index (χ0v) is 29.1. The van der Waals surface area contributed by atoms with Crippen LogP contribution >= 0.6 is 0 Å². The molecule has 284 valence electrons. The summed E-state index contributed by atoms with van der Waals surface area (Å²) in [5.74, 6) is -7.01. The van der Waals surface area contributed by atoms with E-state index in [1.165, 1.54) is 33.1 Å². The molecule has 2 atom stereocenters. The van der Waals surface area contributed by atoms with Crippen LogP contribution in [0.25, 0.3) is 11.1 Å². The maximum atomic E-state index is 16.6. The number of halogens is 8. The molecule has 2 heterocycles. The Morgan fingerprint density at radius 3 is 2.13 bits per heavy atom. The fourth-order valence-corrected chi connectivity index (χ4v) is 6.46. The minimum Gasteiger partial charge on any atom is -0.496 e. The highest BCUT2D eigenvalue weighted by Crippen LogP contribution is 2.43. The van der Waals surface area contributed by atoms with E-state index >= 15 is 8.78 Å². The van der Waals surface area contributed by atoms with Gasteiger partial charge < -0.3 is 24.6 Å². The fourth-order valence-electron chi connectivity index (χ4n) is 6.46. The van der Waals surface area contributed by atoms with E-state index in [4.69, 9.17) is 4.74 Å². The van der Waals surface area contributed by atoms with Crippen molar-refractivity contribution in [2.24, 2.45) is 5.92 Å². The molecule has 0 bridgehead atoms. The lowest BCUT2D eigenvalue weighted by atomic mass is 9.88. The maximum absolute atomic E-state index is 16.6. The zero-order valence-electron chi connectivity index (χ0n) is 29.1. The number of ether oxygens (including phenoxy) is 1. The first kappa shape index (κ1) is 40.3. The number of carbonyl (C=O) groups is 2. The molecule has 16 heteroatoms. The van der Waals surface area contributed by atoms with Crippen LogP contribution in [0, 0.1) is 31.4 Å². The van der Waals surface area contributed by atoms with Crippen molar-refractivity contribution >= 4 is 11.9 Å². The van der Waals surface area contributed by atoms with Gasteiger partial charge in [-0.3, -0.25) is 14.4 Å². The van der Waals surface area contributed by atoms with Crippen molar-refractivity contribution < 1.29 is 54.6 Å². The number of hydrogen-bond donors (Lipinski definition) is 2. The van der Waals surface area contributed by atoms with Gasteiger partial charge in [-0.05, 0) is 86.5 Å². The number of methoxy groups -OCH3 is 1. The third kappa shape index (κ3) is 8.76. The summed E-state index contributed by atoms with van der Waals surface area (Å²) in [5.41, 5.74) is -6.46. The van der Waals surface area contributed by atoms with Gasteiger partial charge in [0.1, 0.15) is 23.4 Å². The lowest BCUT2D eigenvalue weighted by molar-refractivity contribution is -0.140. The summed E-state index contributed by atoms with van der Waals surface area (Å²) in [7, 11) is 1.28. The third-order valence-electron chi connectivity index (χ3n) is 9.14. The van der Waals surface area contributed by atoms with Crippen LogP contribution in [-0.2, 0) is 28.4 Å². The zero-order chi connectivity index (χ0) is 38.9. The Balaban J connectivity index is 1.90. The van der Waals surface area contributed by atoms with Crippen LogP contribution in [0.4, 0.5) is 35.1 Å². The number of carboxylic acid groups (broad SMARTS) is 1. The SMILES string of the molecule is COc1ccc(C)c(-c2cc(C(F)(F)F)c(F)c(C(CC(=O)O)NC(=O)C(CC(C)C)n3cc(CCN4CCC4)c(C(F)(F)F)cc3=O)c2F)c1C. The van der Waals surface area contributed by atoms with Crippen molar-refractivity contribution in [1.29, 1.82) is 0 Å². The number of nitrogens with one attached hydrogen (secondary N) is 1. The van der Waals surface area contributed by atoms with E-state index in [9.17, 15) is 45.8 Å². The number of rotatable bonds is 13. The first-order chi connectivity index (χ1) is 24.1. The number of benzene rings is 2. The van der Waals surface area contributed by atoms with E-state index in [0.717, 1.165) is 17.2 Å². The molecule has 3 aromatic rings. The number of aliphatic carboxylic acids is 1. The van der Waals surface area contributed by atoms with Crippen LogP contribution in [-0.4, -0.2) is 53.2 Å². The summed E-state index contributed by atoms with van der Waals surface area (Å²) in [4.78, 5) is 41.1. The van der Waals surface area contributed by atoms with Crippen LogP contribution in [0.15, 0.2) is 35.3 Å². The monoisotopic (exact) mass is 745 g/mol. The first-order valence-corrected chi connectivity index (χ1v) is 16.5. The number of carbonyl (C=O) groups excluding carboxylic acids is 1. The van der Waals surface area contributed by atoms with Crippen LogP contribution in [0.2, 0.25) is 0 Å². The van der Waals surface area contributed by atoms with E-state index in [1.807, 2.05) is 4.90 Å². The van der Waals surface area contributed by atoms with Gasteiger partial charge in [-0.15, -0.1) is 0 Å². The summed E-state index contributed by atoms with van der Waals surface area (Å²) in [6, 6.07) is -0.380. The van der Waals surface area contributed by atoms with Gasteiger partial charge in [0, 0.05) is 29.9 Å². The molecule has 1 fully saturated rings. The lowest BCUT2D eigenvalue weighted by Crippen LogP contribution is -2.41. The molecule has 1 aliphatic rings. The molecule has 1 amide bonds. The molecule has 2 unspecified atom stereocenters. The Morgan fingerprint density at radius 1 is 0.981 bits per heavy atom. The number of pyridine rings is 1. The molecular weight excluding hydrogens is 706 g/mol. The molecule has 4 rings (SSSR count). The second-order valence-electron chi connectivity index (χ2n) is 13.3. The molecule has 2 N–H and O–H groups in total. The normalized spacial score (nSPS) is 15.0. The van der Waals surface area contributed by atoms with Crippen molar-refractivity contribution in [1.82, 2.24) is 14.8 Å². The van der Waals surface area contributed by atoms with Crippen molar-refractivity contribution in [2.75, 3.05) is 26.7 Å². The molecule has 1 aromatic heterocycles. The molecule has 0 saturated carbocycles. The van der Waals surface area contributed by atoms with E-state index in [2.05, 4.69) is 5.32 Å². The average Bonchev–Trinajstić information content (AvgIpc) is 2.99. The van der Waals surface area contributed by atoms with E-state index in [-0.39, 0.29) is 53.5 Å². The molecule has 1 saturated heterocycles. The second kappa shape index (κ2) is 15.6. The smallest absolute Gasteiger partial charge is 0.419 e. The Bertz CT molecular complexity index is 1880. The van der Waals surface area contributed by atoms with Crippen molar-refractivity contribution in [3.63, 3.8) is 0 Å². The highest BCUT2D eigenvalue weighted by atomic mass is 19.4. The Kier molecular flexibility index (Phi) is 12.1. The van der Waals surface area contributed by atoms with E-state index in [0.29, 0.717) is 19.2 Å². The minimum absolute atomic E-state index is 0.0938. The third-order valence-corrected chi connectivity index (χ3v) is 9.14. The number of aromatic nitrogens is 1. The topological polar surface area (TPSA) is 101 Å². The highest BCUT2D eigenvalue weighted by Gasteiger charge is 2.41. The Labute approximate surface area is 294 Å². The van der Waals surface area contributed by atoms with Crippen LogP contribution < -0.4 is 15.6 Å². The van der Waals surface area contributed by atoms with Gasteiger partial charge in [-0.1, -0.05) is 19.9 Å². The molecular formula is C36H39F8N3O5. The van der Waals surface area contributed by atoms with Gasteiger partial charge in [0.05, 0.1) is 30.7 Å². The van der Waals surface area contributed by atoms with Crippen molar-refractivity contribution in [3.05, 3.63) is 85.8 Å². The predicted octanol–water partition coefficient (Wildman–Crippen LogP) is 7.62. The number of alkyl halides is 6. The van der Waals surface area contributed by atoms with Crippen LogP contribution in [0.1, 0.15) is 78.6 Å². The molecule has 2 aromatic carbocycles. The number of nitrogens with zero attached hydrogens (tertiary/aromatic N) is 2. The van der Waals surface area contributed by atoms with Crippen LogP contribution in [0.3, 0.4) is 0 Å². The molecule has 1 aliphatic heterocycles. The highest BCUT2D eigenvalue weighted by molar-refractivity contribution is 5.82. The van der Waals surface area contributed by atoms with E-state index in [1.54, 1.807) is 13.8 Å². The molecule has 8 nitrogen and oxygen atoms in total. The summed E-state index contributed by atoms with van der Waals surface area (Å²) in [6.07, 6.45) is -10.2. The van der Waals surface area contributed by atoms with E-state index < -0.39 is 88.1 Å². The number of hydrogen-bond acceptors (Lipinski definition) is 5. The maximum Gasteiger partial charge on any atom is 0.419 e. The van der Waals surface area contributed by atoms with Gasteiger partial charge in [-0.2, -0.15) is 26.3 Å². The van der Waals surface area contributed by atoms with Gasteiger partial charge in [0.25, 0.3) is 5.56 Å². The van der Waals surface area contributed by atoms with Gasteiger partial charge >= 0.3 is 18.3 Å². The van der Waals surface area contributed by atoms with Gasteiger partial charge in [-0.25, -0.2) is 8.78 Å². The average molecular weight is 746 g/mol. The summed E-state index contributed by atoms with van der Waals surface area (Å²) < 4.78 is 123. The summed E-state index contributed by atoms with van der Waals surface area (Å²) in [5, 5.41) is 11.9. The summed E-state index contributed by atoms with van der Waals surface area (Å²) >= 11 is 0. The molecule has 52 heavy (non-hydrogen) atoms. The number of amides is 1. The van der Waals surface area contributed by atoms with Crippen molar-refractivity contribution in [2.45, 2.75) is 77.8 Å². The standard InChI is InChI=1S/C36H39F8N3O5/c1-18(2)13-26(47-17-21(9-12-46-10-6-11-46)23(15-28(47)48)35(39,40)41)34(51)45-25(16-29(49)50)31-32(37)22(14-24(33(31)38)36(42,43)44)30-19(3)7-8-27(52-5)20(30)4/h7-8,14-15,17-18,25-26H,6,9-13,16H2,1-5H3,(H,45,51)(H,49,50). The largest absolute Gasteiger partial charge is 0.496 e. The predicted molar refractivity (Wildman–Crippen MR) is 175 cm³/mol. The second-order valence-corrected chi connectivity index (χ2v) is 13.3. The summed E-state index contributed by atoms with van der Waals surface area (Å²) in [6.45, 7) is 7.70. The van der Waals surface area contributed by atoms with Crippen molar-refractivity contribution in [3.8, 4) is 16.9 Å². The Morgan fingerprint density at radius 2 is 1.62 bits per heavy atom. The minimum atomic E-state index is -5.40. The fraction of sp³-hybridized carbons (Fsp3) is 0.472. The lowest BCUT2D eigenvalue weighted by Gasteiger charge is -2.31.